The third-order valence-corrected chi connectivity index (χ3v) is 2.77. The summed E-state index contributed by atoms with van der Waals surface area (Å²) in [4.78, 5) is 7.82. The number of ether oxygens (including phenoxy) is 1. The standard InChI is InChI=1S/C13H15N3O2/c1-8-10(12(17)16-13(14)15-8)7-9-5-3-4-6-11(9)18-2/h3-6H,7H2,1-2H3,(H3,14,15,16,17). The van der Waals surface area contributed by atoms with Gasteiger partial charge >= 0.3 is 0 Å². The fourth-order valence-corrected chi connectivity index (χ4v) is 1.85. The Morgan fingerprint density at radius 1 is 1.28 bits per heavy atom. The highest BCUT2D eigenvalue weighted by Gasteiger charge is 2.12. The van der Waals surface area contributed by atoms with Crippen LogP contribution in [0.25, 0.3) is 0 Å². The van der Waals surface area contributed by atoms with Gasteiger partial charge in [-0.2, -0.15) is 4.98 Å². The zero-order chi connectivity index (χ0) is 13.1. The fraction of sp³-hybridized carbons (Fsp3) is 0.231. The lowest BCUT2D eigenvalue weighted by Gasteiger charge is -2.10. The van der Waals surface area contributed by atoms with E-state index in [1.807, 2.05) is 24.3 Å². The van der Waals surface area contributed by atoms with E-state index in [0.717, 1.165) is 11.3 Å². The molecule has 18 heavy (non-hydrogen) atoms. The molecule has 5 nitrogen and oxygen atoms in total. The monoisotopic (exact) mass is 245 g/mol. The molecule has 1 aromatic heterocycles. The summed E-state index contributed by atoms with van der Waals surface area (Å²) in [5, 5.41) is 9.83. The first-order valence-corrected chi connectivity index (χ1v) is 5.55. The van der Waals surface area contributed by atoms with E-state index >= 15 is 0 Å². The second-order valence-corrected chi connectivity index (χ2v) is 3.96. The van der Waals surface area contributed by atoms with Crippen LogP contribution in [-0.2, 0) is 6.42 Å². The molecule has 1 aromatic carbocycles. The molecule has 2 rings (SSSR count). The number of nitrogens with two attached hydrogens (primary N) is 1. The Hall–Kier alpha value is -2.30. The van der Waals surface area contributed by atoms with Crippen LogP contribution < -0.4 is 10.5 Å². The number of nitrogen functional groups attached to an aromatic ring is 1. The first-order valence-electron chi connectivity index (χ1n) is 5.55. The molecule has 0 atom stereocenters. The molecule has 0 spiro atoms. The van der Waals surface area contributed by atoms with E-state index in [1.54, 1.807) is 14.0 Å². The molecule has 1 heterocycles. The predicted octanol–water partition coefficient (Wildman–Crippen LogP) is 1.67. The maximum Gasteiger partial charge on any atom is 0.223 e. The summed E-state index contributed by atoms with van der Waals surface area (Å²) >= 11 is 0. The lowest BCUT2D eigenvalue weighted by molar-refractivity contribution is 0.409. The largest absolute Gasteiger partial charge is 0.496 e. The molecule has 0 fully saturated rings. The fourth-order valence-electron chi connectivity index (χ4n) is 1.85. The second kappa shape index (κ2) is 4.91. The number of aromatic hydroxyl groups is 1. The summed E-state index contributed by atoms with van der Waals surface area (Å²) in [5.74, 6) is 0.771. The van der Waals surface area contributed by atoms with E-state index in [1.165, 1.54) is 0 Å². The topological polar surface area (TPSA) is 81.3 Å². The highest BCUT2D eigenvalue weighted by Crippen LogP contribution is 2.26. The Morgan fingerprint density at radius 2 is 2.00 bits per heavy atom. The van der Waals surface area contributed by atoms with Crippen LogP contribution in [0.1, 0.15) is 16.8 Å². The van der Waals surface area contributed by atoms with Crippen LogP contribution in [0.15, 0.2) is 24.3 Å². The Labute approximate surface area is 105 Å². The number of aryl methyl sites for hydroxylation is 1. The van der Waals surface area contributed by atoms with Crippen molar-refractivity contribution in [1.29, 1.82) is 0 Å². The summed E-state index contributed by atoms with van der Waals surface area (Å²) in [6.07, 6.45) is 0.502. The maximum atomic E-state index is 9.83. The molecule has 2 aromatic rings. The molecule has 0 bridgehead atoms. The van der Waals surface area contributed by atoms with Crippen LogP contribution in [0.5, 0.6) is 11.6 Å². The van der Waals surface area contributed by atoms with E-state index < -0.39 is 0 Å². The number of anilines is 1. The number of rotatable bonds is 3. The van der Waals surface area contributed by atoms with Crippen molar-refractivity contribution in [3.8, 4) is 11.6 Å². The quantitative estimate of drug-likeness (QED) is 0.859. The van der Waals surface area contributed by atoms with Crippen LogP contribution in [0.2, 0.25) is 0 Å². The number of hydrogen-bond donors (Lipinski definition) is 2. The van der Waals surface area contributed by atoms with Crippen molar-refractivity contribution in [3.05, 3.63) is 41.1 Å². The molecular formula is C13H15N3O2. The van der Waals surface area contributed by atoms with Gasteiger partial charge in [-0.1, -0.05) is 18.2 Å². The van der Waals surface area contributed by atoms with Crippen molar-refractivity contribution in [2.75, 3.05) is 12.8 Å². The first-order chi connectivity index (χ1) is 8.61. The molecule has 0 aliphatic carbocycles. The van der Waals surface area contributed by atoms with E-state index in [-0.39, 0.29) is 11.8 Å². The van der Waals surface area contributed by atoms with Gasteiger partial charge in [0, 0.05) is 12.0 Å². The van der Waals surface area contributed by atoms with Crippen LogP contribution in [0.3, 0.4) is 0 Å². The third kappa shape index (κ3) is 2.34. The Bertz CT molecular complexity index is 547. The number of methoxy groups -OCH3 is 1. The molecule has 0 amide bonds. The lowest BCUT2D eigenvalue weighted by atomic mass is 10.0. The van der Waals surface area contributed by atoms with Gasteiger partial charge in [-0.05, 0) is 18.6 Å². The van der Waals surface area contributed by atoms with E-state index in [4.69, 9.17) is 10.5 Å². The first kappa shape index (κ1) is 12.2. The molecule has 0 saturated carbocycles. The number of aromatic nitrogens is 2. The van der Waals surface area contributed by atoms with Gasteiger partial charge in [0.15, 0.2) is 0 Å². The van der Waals surface area contributed by atoms with Crippen LogP contribution >= 0.6 is 0 Å². The lowest BCUT2D eigenvalue weighted by Crippen LogP contribution is -2.03. The van der Waals surface area contributed by atoms with Crippen molar-refractivity contribution < 1.29 is 9.84 Å². The molecule has 0 saturated heterocycles. The molecule has 0 unspecified atom stereocenters. The summed E-state index contributed by atoms with van der Waals surface area (Å²) in [5.41, 5.74) is 7.77. The molecule has 3 N–H and O–H groups in total. The third-order valence-electron chi connectivity index (χ3n) is 2.77. The van der Waals surface area contributed by atoms with Crippen molar-refractivity contribution in [3.63, 3.8) is 0 Å². The van der Waals surface area contributed by atoms with Crippen molar-refractivity contribution >= 4 is 5.95 Å². The van der Waals surface area contributed by atoms with Gasteiger partial charge in [0.2, 0.25) is 11.8 Å². The molecule has 0 aliphatic heterocycles. The minimum absolute atomic E-state index is 0.0776. The highest BCUT2D eigenvalue weighted by molar-refractivity contribution is 5.42. The van der Waals surface area contributed by atoms with Gasteiger partial charge in [0.1, 0.15) is 5.75 Å². The summed E-state index contributed by atoms with van der Waals surface area (Å²) < 4.78 is 5.27. The summed E-state index contributed by atoms with van der Waals surface area (Å²) in [6, 6.07) is 7.63. The number of para-hydroxylation sites is 1. The molecule has 0 radical (unpaired) electrons. The van der Waals surface area contributed by atoms with Gasteiger partial charge in [0.05, 0.1) is 12.8 Å². The number of nitrogens with zero attached hydrogens (tertiary/aromatic N) is 2. The Morgan fingerprint density at radius 3 is 2.67 bits per heavy atom. The van der Waals surface area contributed by atoms with Crippen molar-refractivity contribution in [2.45, 2.75) is 13.3 Å². The van der Waals surface area contributed by atoms with E-state index in [0.29, 0.717) is 17.7 Å². The zero-order valence-corrected chi connectivity index (χ0v) is 10.3. The number of benzene rings is 1. The molecule has 0 aliphatic rings. The number of hydrogen-bond acceptors (Lipinski definition) is 5. The van der Waals surface area contributed by atoms with Gasteiger partial charge in [-0.25, -0.2) is 4.98 Å². The van der Waals surface area contributed by atoms with Crippen LogP contribution in [-0.4, -0.2) is 22.2 Å². The maximum absolute atomic E-state index is 9.83. The van der Waals surface area contributed by atoms with E-state index in [9.17, 15) is 5.11 Å². The molecular weight excluding hydrogens is 230 g/mol. The minimum Gasteiger partial charge on any atom is -0.496 e. The second-order valence-electron chi connectivity index (χ2n) is 3.96. The predicted molar refractivity (Wildman–Crippen MR) is 68.6 cm³/mol. The van der Waals surface area contributed by atoms with Crippen molar-refractivity contribution in [2.24, 2.45) is 0 Å². The molecule has 94 valence electrons. The summed E-state index contributed by atoms with van der Waals surface area (Å²) in [6.45, 7) is 1.79. The molecule has 5 heteroatoms. The van der Waals surface area contributed by atoms with Crippen LogP contribution in [0.4, 0.5) is 5.95 Å². The minimum atomic E-state index is -0.0779. The normalized spacial score (nSPS) is 10.3. The summed E-state index contributed by atoms with van der Waals surface area (Å²) in [7, 11) is 1.62. The van der Waals surface area contributed by atoms with Gasteiger partial charge < -0.3 is 15.6 Å². The average Bonchev–Trinajstić information content (AvgIpc) is 2.34. The van der Waals surface area contributed by atoms with Crippen LogP contribution in [0, 0.1) is 6.92 Å². The Balaban J connectivity index is 2.40. The SMILES string of the molecule is COc1ccccc1Cc1c(C)nc(N)nc1O. The zero-order valence-electron chi connectivity index (χ0n) is 10.3. The van der Waals surface area contributed by atoms with Gasteiger partial charge in [0.25, 0.3) is 0 Å². The highest BCUT2D eigenvalue weighted by atomic mass is 16.5. The van der Waals surface area contributed by atoms with Gasteiger partial charge in [-0.3, -0.25) is 0 Å². The van der Waals surface area contributed by atoms with Crippen molar-refractivity contribution in [1.82, 2.24) is 9.97 Å². The Kier molecular flexibility index (Phi) is 3.32. The van der Waals surface area contributed by atoms with Gasteiger partial charge in [-0.15, -0.1) is 0 Å². The van der Waals surface area contributed by atoms with E-state index in [2.05, 4.69) is 9.97 Å². The average molecular weight is 245 g/mol. The smallest absolute Gasteiger partial charge is 0.223 e.